The molecule has 2 N–H and O–H groups in total. The number of carbonyl (C=O) groups excluding carboxylic acids is 1. The monoisotopic (exact) mass is 300 g/mol. The molecule has 1 aliphatic rings. The maximum absolute atomic E-state index is 12.8. The van der Waals surface area contributed by atoms with Crippen LogP contribution in [0.1, 0.15) is 30.4 Å². The molecule has 0 spiro atoms. The van der Waals surface area contributed by atoms with Gasteiger partial charge in [-0.15, -0.1) is 0 Å². The summed E-state index contributed by atoms with van der Waals surface area (Å²) in [6.45, 7) is 1.81. The molecule has 3 nitrogen and oxygen atoms in total. The van der Waals surface area contributed by atoms with Crippen molar-refractivity contribution in [1.82, 2.24) is 10.6 Å². The molecule has 1 aromatic rings. The van der Waals surface area contributed by atoms with Crippen LogP contribution in [0.25, 0.3) is 0 Å². The number of benzene rings is 1. The van der Waals surface area contributed by atoms with Crippen molar-refractivity contribution in [2.24, 2.45) is 5.92 Å². The second kappa shape index (κ2) is 6.93. The van der Waals surface area contributed by atoms with Crippen LogP contribution in [0.5, 0.6) is 0 Å². The smallest absolute Gasteiger partial charge is 0.352 e. The van der Waals surface area contributed by atoms with Crippen molar-refractivity contribution in [3.8, 4) is 0 Å². The normalized spacial score (nSPS) is 18.7. The highest BCUT2D eigenvalue weighted by Gasteiger charge is 2.32. The minimum Gasteiger partial charge on any atom is -0.352 e. The first kappa shape index (κ1) is 15.8. The van der Waals surface area contributed by atoms with Crippen LogP contribution in [0.3, 0.4) is 0 Å². The minimum atomic E-state index is -4.39. The van der Waals surface area contributed by atoms with Crippen LogP contribution in [0.2, 0.25) is 0 Å². The molecule has 1 fully saturated rings. The Labute approximate surface area is 121 Å². The van der Waals surface area contributed by atoms with Crippen molar-refractivity contribution < 1.29 is 18.0 Å². The summed E-state index contributed by atoms with van der Waals surface area (Å²) in [6.07, 6.45) is -2.19. The summed E-state index contributed by atoms with van der Waals surface area (Å²) in [5.74, 6) is 0.303. The van der Waals surface area contributed by atoms with Crippen molar-refractivity contribution in [3.05, 3.63) is 35.4 Å². The number of carbonyl (C=O) groups is 1. The van der Waals surface area contributed by atoms with Gasteiger partial charge in [-0.1, -0.05) is 18.2 Å². The third kappa shape index (κ3) is 4.74. The Hall–Kier alpha value is -1.56. The first-order valence-electron chi connectivity index (χ1n) is 7.09. The highest BCUT2D eigenvalue weighted by Crippen LogP contribution is 2.31. The number of rotatable bonds is 5. The van der Waals surface area contributed by atoms with E-state index in [-0.39, 0.29) is 18.0 Å². The van der Waals surface area contributed by atoms with Crippen LogP contribution >= 0.6 is 0 Å². The van der Waals surface area contributed by atoms with Gasteiger partial charge in [-0.25, -0.2) is 0 Å². The molecule has 1 amide bonds. The van der Waals surface area contributed by atoms with Crippen LogP contribution in [-0.2, 0) is 17.5 Å². The van der Waals surface area contributed by atoms with Crippen molar-refractivity contribution in [3.63, 3.8) is 0 Å². The predicted molar refractivity (Wildman–Crippen MR) is 73.5 cm³/mol. The van der Waals surface area contributed by atoms with E-state index in [0.29, 0.717) is 12.3 Å². The molecule has 1 aliphatic heterocycles. The molecule has 0 aromatic heterocycles. The Kier molecular flexibility index (Phi) is 5.22. The second-order valence-electron chi connectivity index (χ2n) is 5.33. The second-order valence-corrected chi connectivity index (χ2v) is 5.33. The van der Waals surface area contributed by atoms with Gasteiger partial charge in [0.05, 0.1) is 5.56 Å². The first-order valence-corrected chi connectivity index (χ1v) is 7.09. The number of nitrogens with one attached hydrogen (secondary N) is 2. The molecule has 1 heterocycles. The molecule has 1 aromatic carbocycles. The van der Waals surface area contributed by atoms with Crippen LogP contribution in [0.15, 0.2) is 24.3 Å². The summed E-state index contributed by atoms with van der Waals surface area (Å²) in [6, 6.07) is 5.32. The van der Waals surface area contributed by atoms with Crippen LogP contribution in [0, 0.1) is 5.92 Å². The van der Waals surface area contributed by atoms with Crippen LogP contribution < -0.4 is 10.6 Å². The van der Waals surface area contributed by atoms with Gasteiger partial charge in [-0.05, 0) is 43.5 Å². The van der Waals surface area contributed by atoms with E-state index in [9.17, 15) is 18.0 Å². The SMILES string of the molecule is O=C(CCC1CCNC1)NCc1ccccc1C(F)(F)F. The minimum absolute atomic E-state index is 0.0859. The Morgan fingerprint density at radius 2 is 2.10 bits per heavy atom. The molecule has 21 heavy (non-hydrogen) atoms. The highest BCUT2D eigenvalue weighted by atomic mass is 19.4. The summed E-state index contributed by atoms with van der Waals surface area (Å²) in [4.78, 5) is 11.7. The van der Waals surface area contributed by atoms with E-state index in [4.69, 9.17) is 0 Å². The first-order chi connectivity index (χ1) is 9.97. The maximum atomic E-state index is 12.8. The lowest BCUT2D eigenvalue weighted by atomic mass is 10.0. The average Bonchev–Trinajstić information content (AvgIpc) is 2.95. The molecule has 1 atom stereocenters. The third-order valence-corrected chi connectivity index (χ3v) is 3.74. The van der Waals surface area contributed by atoms with Gasteiger partial charge >= 0.3 is 6.18 Å². The van der Waals surface area contributed by atoms with E-state index in [1.165, 1.54) is 12.1 Å². The van der Waals surface area contributed by atoms with E-state index in [2.05, 4.69) is 10.6 Å². The molecule has 116 valence electrons. The zero-order valence-electron chi connectivity index (χ0n) is 11.7. The summed E-state index contributed by atoms with van der Waals surface area (Å²) in [7, 11) is 0. The molecule has 0 radical (unpaired) electrons. The van der Waals surface area contributed by atoms with Gasteiger partial charge in [0.25, 0.3) is 0 Å². The van der Waals surface area contributed by atoms with Gasteiger partial charge in [-0.3, -0.25) is 4.79 Å². The van der Waals surface area contributed by atoms with E-state index >= 15 is 0 Å². The lowest BCUT2D eigenvalue weighted by Crippen LogP contribution is -2.25. The van der Waals surface area contributed by atoms with Gasteiger partial charge < -0.3 is 10.6 Å². The van der Waals surface area contributed by atoms with Crippen LogP contribution in [0.4, 0.5) is 13.2 Å². The fourth-order valence-corrected chi connectivity index (χ4v) is 2.53. The van der Waals surface area contributed by atoms with E-state index in [1.54, 1.807) is 6.07 Å². The Bertz CT molecular complexity index is 482. The van der Waals surface area contributed by atoms with Gasteiger partial charge in [0.1, 0.15) is 0 Å². The van der Waals surface area contributed by atoms with E-state index in [0.717, 1.165) is 32.0 Å². The fourth-order valence-electron chi connectivity index (χ4n) is 2.53. The van der Waals surface area contributed by atoms with E-state index in [1.807, 2.05) is 0 Å². The molecule has 6 heteroatoms. The number of halogens is 3. The lowest BCUT2D eigenvalue weighted by molar-refractivity contribution is -0.138. The fraction of sp³-hybridized carbons (Fsp3) is 0.533. The largest absolute Gasteiger partial charge is 0.416 e. The molecule has 0 bridgehead atoms. The van der Waals surface area contributed by atoms with Crippen molar-refractivity contribution in [2.75, 3.05) is 13.1 Å². The number of alkyl halides is 3. The molecule has 1 unspecified atom stereocenters. The van der Waals surface area contributed by atoms with Gasteiger partial charge in [0.15, 0.2) is 0 Å². The number of hydrogen-bond acceptors (Lipinski definition) is 2. The Morgan fingerprint density at radius 3 is 2.76 bits per heavy atom. The predicted octanol–water partition coefficient (Wildman–Crippen LogP) is 2.71. The van der Waals surface area contributed by atoms with Crippen molar-refractivity contribution in [2.45, 2.75) is 32.0 Å². The van der Waals surface area contributed by atoms with E-state index < -0.39 is 11.7 Å². The summed E-state index contributed by atoms with van der Waals surface area (Å²) in [5, 5.41) is 5.80. The van der Waals surface area contributed by atoms with Gasteiger partial charge in [-0.2, -0.15) is 13.2 Å². The number of hydrogen-bond donors (Lipinski definition) is 2. The maximum Gasteiger partial charge on any atom is 0.416 e. The van der Waals surface area contributed by atoms with Crippen molar-refractivity contribution in [1.29, 1.82) is 0 Å². The van der Waals surface area contributed by atoms with Crippen LogP contribution in [-0.4, -0.2) is 19.0 Å². The molecule has 0 saturated carbocycles. The Morgan fingerprint density at radius 1 is 1.33 bits per heavy atom. The highest BCUT2D eigenvalue weighted by molar-refractivity contribution is 5.75. The van der Waals surface area contributed by atoms with Gasteiger partial charge in [0.2, 0.25) is 5.91 Å². The molecular formula is C15H19F3N2O. The summed E-state index contributed by atoms with van der Waals surface area (Å²) >= 11 is 0. The summed E-state index contributed by atoms with van der Waals surface area (Å²) < 4.78 is 38.4. The molecule has 2 rings (SSSR count). The average molecular weight is 300 g/mol. The zero-order valence-corrected chi connectivity index (χ0v) is 11.7. The molecular weight excluding hydrogens is 281 g/mol. The van der Waals surface area contributed by atoms with Gasteiger partial charge in [0, 0.05) is 13.0 Å². The summed E-state index contributed by atoms with van der Waals surface area (Å²) in [5.41, 5.74) is -0.592. The standard InChI is InChI=1S/C15H19F3N2O/c16-15(17,18)13-4-2-1-3-12(13)10-20-14(21)6-5-11-7-8-19-9-11/h1-4,11,19H,5-10H2,(H,20,21). The molecule has 0 aliphatic carbocycles. The molecule has 1 saturated heterocycles. The number of amides is 1. The lowest BCUT2D eigenvalue weighted by Gasteiger charge is -2.13. The topological polar surface area (TPSA) is 41.1 Å². The quantitative estimate of drug-likeness (QED) is 0.878. The van der Waals surface area contributed by atoms with Crippen molar-refractivity contribution >= 4 is 5.91 Å². The zero-order chi connectivity index (χ0) is 15.3. The Balaban J connectivity index is 1.83. The third-order valence-electron chi connectivity index (χ3n) is 3.74.